The molecule has 2 bridgehead atoms. The van der Waals surface area contributed by atoms with Gasteiger partial charge in [-0.3, -0.25) is 9.80 Å². The second kappa shape index (κ2) is 7.19. The second-order valence-corrected chi connectivity index (χ2v) is 9.09. The zero-order chi connectivity index (χ0) is 17.3. The summed E-state index contributed by atoms with van der Waals surface area (Å²) in [5.41, 5.74) is 0. The van der Waals surface area contributed by atoms with Crippen LogP contribution in [-0.4, -0.2) is 85.9 Å². The number of nitrogens with zero attached hydrogens (tertiary/aromatic N) is 4. The molecule has 1 aromatic rings. The summed E-state index contributed by atoms with van der Waals surface area (Å²) in [4.78, 5) is 9.63. The Bertz CT molecular complexity index is 697. The number of piperidine rings is 1. The molecule has 0 radical (unpaired) electrons. The maximum Gasteiger partial charge on any atom is 0.246 e. The molecular formula is C17H27N5O2S. The van der Waals surface area contributed by atoms with E-state index in [1.807, 2.05) is 0 Å². The molecule has 5 heterocycles. The first kappa shape index (κ1) is 17.2. The predicted octanol–water partition coefficient (Wildman–Crippen LogP) is 0.668. The number of piperazine rings is 3. The van der Waals surface area contributed by atoms with Gasteiger partial charge in [-0.15, -0.1) is 0 Å². The minimum absolute atomic E-state index is 0.313. The molecule has 1 unspecified atom stereocenters. The summed E-state index contributed by atoms with van der Waals surface area (Å²) in [5.74, 6) is 0.491. The molecule has 5 rings (SSSR count). The highest BCUT2D eigenvalue weighted by atomic mass is 32.2. The summed E-state index contributed by atoms with van der Waals surface area (Å²) in [5, 5.41) is 3.33. The topological polar surface area (TPSA) is 68.8 Å². The number of rotatable bonds is 5. The Hall–Kier alpha value is -1.22. The predicted molar refractivity (Wildman–Crippen MR) is 97.1 cm³/mol. The van der Waals surface area contributed by atoms with Crippen LogP contribution in [0.5, 0.6) is 0 Å². The first-order valence-electron chi connectivity index (χ1n) is 9.30. The van der Waals surface area contributed by atoms with Crippen LogP contribution >= 0.6 is 0 Å². The molecule has 0 aliphatic carbocycles. The number of sulfonamides is 1. The van der Waals surface area contributed by atoms with Gasteiger partial charge in [0.2, 0.25) is 10.0 Å². The zero-order valence-electron chi connectivity index (χ0n) is 14.6. The Morgan fingerprint density at radius 2 is 1.84 bits per heavy atom. The van der Waals surface area contributed by atoms with Crippen LogP contribution in [0.3, 0.4) is 0 Å². The van der Waals surface area contributed by atoms with Crippen molar-refractivity contribution in [2.45, 2.75) is 30.2 Å². The van der Waals surface area contributed by atoms with Crippen LogP contribution < -0.4 is 5.32 Å². The molecule has 7 nitrogen and oxygen atoms in total. The van der Waals surface area contributed by atoms with Crippen molar-refractivity contribution in [1.82, 2.24) is 19.1 Å². The molecule has 138 valence electrons. The van der Waals surface area contributed by atoms with Gasteiger partial charge < -0.3 is 5.32 Å². The molecule has 4 fully saturated rings. The first-order chi connectivity index (χ1) is 12.1. The molecular weight excluding hydrogens is 338 g/mol. The van der Waals surface area contributed by atoms with E-state index < -0.39 is 10.0 Å². The van der Waals surface area contributed by atoms with Crippen LogP contribution in [0.25, 0.3) is 0 Å². The smallest absolute Gasteiger partial charge is 0.246 e. The third kappa shape index (κ3) is 3.53. The molecule has 4 aliphatic heterocycles. The molecule has 4 saturated heterocycles. The fraction of sp³-hybridized carbons (Fsp3) is 0.706. The molecule has 0 spiro atoms. The number of fused-ring (bicyclic) bond motifs is 3. The van der Waals surface area contributed by atoms with Crippen LogP contribution in [0.2, 0.25) is 0 Å². The van der Waals surface area contributed by atoms with Crippen molar-refractivity contribution in [3.63, 3.8) is 0 Å². The number of hydrogen-bond acceptors (Lipinski definition) is 6. The van der Waals surface area contributed by atoms with Crippen LogP contribution in [-0.2, 0) is 10.0 Å². The summed E-state index contributed by atoms with van der Waals surface area (Å²) in [6.45, 7) is 7.51. The third-order valence-corrected chi connectivity index (χ3v) is 7.53. The molecule has 0 saturated carbocycles. The molecule has 4 aliphatic rings. The average Bonchev–Trinajstić information content (AvgIpc) is 2.68. The van der Waals surface area contributed by atoms with Crippen LogP contribution in [0.1, 0.15) is 19.3 Å². The largest absolute Gasteiger partial charge is 0.367 e. The Kier molecular flexibility index (Phi) is 4.95. The minimum Gasteiger partial charge on any atom is -0.367 e. The van der Waals surface area contributed by atoms with Gasteiger partial charge in [0.15, 0.2) is 0 Å². The van der Waals surface area contributed by atoms with Gasteiger partial charge in [-0.1, -0.05) is 6.42 Å². The lowest BCUT2D eigenvalue weighted by atomic mass is 10.1. The monoisotopic (exact) mass is 365 g/mol. The van der Waals surface area contributed by atoms with Crippen molar-refractivity contribution >= 4 is 15.8 Å². The van der Waals surface area contributed by atoms with Crippen molar-refractivity contribution < 1.29 is 8.42 Å². The van der Waals surface area contributed by atoms with Crippen molar-refractivity contribution in [2.24, 2.45) is 0 Å². The fourth-order valence-corrected chi connectivity index (χ4v) is 5.75. The van der Waals surface area contributed by atoms with E-state index in [1.54, 1.807) is 22.6 Å². The Balaban J connectivity index is 1.49. The summed E-state index contributed by atoms with van der Waals surface area (Å²) in [6, 6.07) is 3.81. The maximum atomic E-state index is 13.0. The summed E-state index contributed by atoms with van der Waals surface area (Å²) < 4.78 is 27.6. The second-order valence-electron chi connectivity index (χ2n) is 7.19. The highest BCUT2D eigenvalue weighted by molar-refractivity contribution is 7.89. The highest BCUT2D eigenvalue weighted by Crippen LogP contribution is 2.25. The van der Waals surface area contributed by atoms with Gasteiger partial charge in [0.1, 0.15) is 10.7 Å². The molecule has 1 aromatic heterocycles. The minimum atomic E-state index is -3.47. The van der Waals surface area contributed by atoms with Gasteiger partial charge in [0, 0.05) is 64.6 Å². The third-order valence-electron chi connectivity index (χ3n) is 5.60. The normalized spacial score (nSPS) is 30.3. The lowest BCUT2D eigenvalue weighted by molar-refractivity contribution is 0.0189. The van der Waals surface area contributed by atoms with Crippen molar-refractivity contribution in [2.75, 3.05) is 57.7 Å². The van der Waals surface area contributed by atoms with E-state index in [0.29, 0.717) is 29.8 Å². The Morgan fingerprint density at radius 3 is 2.52 bits per heavy atom. The van der Waals surface area contributed by atoms with Crippen molar-refractivity contribution in [1.29, 1.82) is 0 Å². The highest BCUT2D eigenvalue weighted by Gasteiger charge is 2.33. The van der Waals surface area contributed by atoms with E-state index in [1.165, 1.54) is 0 Å². The Morgan fingerprint density at radius 1 is 1.08 bits per heavy atom. The number of nitrogens with one attached hydrogen (secondary N) is 1. The summed E-state index contributed by atoms with van der Waals surface area (Å²) >= 11 is 0. The van der Waals surface area contributed by atoms with E-state index in [9.17, 15) is 8.42 Å². The van der Waals surface area contributed by atoms with E-state index in [-0.39, 0.29) is 0 Å². The van der Waals surface area contributed by atoms with Gasteiger partial charge in [0.05, 0.1) is 0 Å². The molecule has 0 amide bonds. The standard InChI is InChI=1S/C17H27N5O2S/c23-25(24,22-7-2-1-3-8-22)16-5-4-6-18-17(16)19-13-15-14-20-9-11-21(15)12-10-20/h4-6,15H,1-3,7-14H2,(H,18,19). The summed E-state index contributed by atoms with van der Waals surface area (Å²) in [7, 11) is -3.47. The average molecular weight is 366 g/mol. The number of hydrogen-bond donors (Lipinski definition) is 1. The van der Waals surface area contributed by atoms with E-state index in [0.717, 1.165) is 58.5 Å². The van der Waals surface area contributed by atoms with E-state index >= 15 is 0 Å². The van der Waals surface area contributed by atoms with Crippen molar-refractivity contribution in [3.05, 3.63) is 18.3 Å². The van der Waals surface area contributed by atoms with Gasteiger partial charge in [-0.2, -0.15) is 4.31 Å². The van der Waals surface area contributed by atoms with Gasteiger partial charge in [-0.25, -0.2) is 13.4 Å². The number of anilines is 1. The number of pyridine rings is 1. The van der Waals surface area contributed by atoms with Crippen LogP contribution in [0, 0.1) is 0 Å². The van der Waals surface area contributed by atoms with Gasteiger partial charge >= 0.3 is 0 Å². The van der Waals surface area contributed by atoms with Crippen LogP contribution in [0.4, 0.5) is 5.82 Å². The fourth-order valence-electron chi connectivity index (χ4n) is 4.11. The van der Waals surface area contributed by atoms with Crippen LogP contribution in [0.15, 0.2) is 23.2 Å². The van der Waals surface area contributed by atoms with E-state index in [2.05, 4.69) is 20.1 Å². The molecule has 0 aromatic carbocycles. The zero-order valence-corrected chi connectivity index (χ0v) is 15.4. The van der Waals surface area contributed by atoms with Gasteiger partial charge in [-0.05, 0) is 25.0 Å². The molecule has 25 heavy (non-hydrogen) atoms. The van der Waals surface area contributed by atoms with Crippen molar-refractivity contribution in [3.8, 4) is 0 Å². The summed E-state index contributed by atoms with van der Waals surface area (Å²) in [6.07, 6.45) is 4.65. The molecule has 1 N–H and O–H groups in total. The lowest BCUT2D eigenvalue weighted by Gasteiger charge is -2.47. The molecule has 8 heteroatoms. The molecule has 1 atom stereocenters. The SMILES string of the molecule is O=S(=O)(c1cccnc1NCC1CN2CCN1CC2)N1CCCCC1. The first-order valence-corrected chi connectivity index (χ1v) is 10.7. The quantitative estimate of drug-likeness (QED) is 0.827. The number of aromatic nitrogens is 1. The van der Waals surface area contributed by atoms with E-state index in [4.69, 9.17) is 0 Å². The maximum absolute atomic E-state index is 13.0. The lowest BCUT2D eigenvalue weighted by Crippen LogP contribution is -2.62. The van der Waals surface area contributed by atoms with Gasteiger partial charge in [0.25, 0.3) is 0 Å². The Labute approximate surface area is 150 Å².